The third kappa shape index (κ3) is 3.93. The van der Waals surface area contributed by atoms with Crippen LogP contribution in [0.1, 0.15) is 23.2 Å². The van der Waals surface area contributed by atoms with E-state index in [1.807, 2.05) is 0 Å². The van der Waals surface area contributed by atoms with E-state index in [4.69, 9.17) is 0 Å². The average molecular weight is 345 g/mol. The molecule has 130 valence electrons. The van der Waals surface area contributed by atoms with Crippen molar-refractivity contribution in [2.75, 3.05) is 23.7 Å². The molecule has 0 unspecified atom stereocenters. The van der Waals surface area contributed by atoms with Crippen molar-refractivity contribution in [1.29, 1.82) is 0 Å². The molecule has 0 saturated carbocycles. The molecule has 5 nitrogen and oxygen atoms in total. The van der Waals surface area contributed by atoms with Crippen LogP contribution in [0.5, 0.6) is 0 Å². The minimum atomic E-state index is -0.822. The number of para-hydroxylation sites is 2. The van der Waals surface area contributed by atoms with Crippen LogP contribution in [0.15, 0.2) is 42.5 Å². The van der Waals surface area contributed by atoms with Crippen molar-refractivity contribution in [2.24, 2.45) is 0 Å². The molecule has 0 aliphatic carbocycles. The lowest BCUT2D eigenvalue weighted by Gasteiger charge is -2.18. The molecule has 1 aliphatic heterocycles. The van der Waals surface area contributed by atoms with Gasteiger partial charge in [0.1, 0.15) is 11.6 Å². The first-order valence-corrected chi connectivity index (χ1v) is 7.96. The first kappa shape index (κ1) is 16.9. The predicted octanol–water partition coefficient (Wildman–Crippen LogP) is 3.84. The number of carbonyl (C=O) groups excluding carboxylic acids is 2. The monoisotopic (exact) mass is 345 g/mol. The van der Waals surface area contributed by atoms with Crippen molar-refractivity contribution in [3.63, 3.8) is 0 Å². The van der Waals surface area contributed by atoms with Gasteiger partial charge in [-0.3, -0.25) is 4.79 Å². The molecule has 0 radical (unpaired) electrons. The fourth-order valence-corrected chi connectivity index (χ4v) is 2.68. The second kappa shape index (κ2) is 7.29. The standard InChI is InChI=1S/C18H17F2N3O2/c19-12-7-8-14(20)13(11-12)17(24)21-15-5-1-2-6-16(15)22-18(25)23-9-3-4-10-23/h1-2,5-8,11H,3-4,9-10H2,(H,21,24)(H,22,25). The Labute approximate surface area is 143 Å². The van der Waals surface area contributed by atoms with Gasteiger partial charge >= 0.3 is 6.03 Å². The Bertz CT molecular complexity index is 805. The Morgan fingerprint density at radius 1 is 0.920 bits per heavy atom. The number of hydrogen-bond donors (Lipinski definition) is 2. The maximum absolute atomic E-state index is 13.7. The lowest BCUT2D eigenvalue weighted by Crippen LogP contribution is -2.32. The fourth-order valence-electron chi connectivity index (χ4n) is 2.68. The highest BCUT2D eigenvalue weighted by molar-refractivity contribution is 6.07. The molecule has 2 aromatic rings. The van der Waals surface area contributed by atoms with E-state index in [0.717, 1.165) is 31.0 Å². The number of likely N-dealkylation sites (tertiary alicyclic amines) is 1. The second-order valence-corrected chi connectivity index (χ2v) is 5.75. The van der Waals surface area contributed by atoms with Crippen molar-refractivity contribution in [3.8, 4) is 0 Å². The summed E-state index contributed by atoms with van der Waals surface area (Å²) in [6, 6.07) is 9.00. The fraction of sp³-hybridized carbons (Fsp3) is 0.222. The number of anilines is 2. The summed E-state index contributed by atoms with van der Waals surface area (Å²) in [4.78, 5) is 26.1. The van der Waals surface area contributed by atoms with Crippen molar-refractivity contribution in [2.45, 2.75) is 12.8 Å². The molecular weight excluding hydrogens is 328 g/mol. The van der Waals surface area contributed by atoms with Gasteiger partial charge in [0, 0.05) is 13.1 Å². The number of urea groups is 1. The van der Waals surface area contributed by atoms with E-state index in [1.54, 1.807) is 29.2 Å². The van der Waals surface area contributed by atoms with Gasteiger partial charge in [0.15, 0.2) is 0 Å². The first-order valence-electron chi connectivity index (χ1n) is 7.96. The van der Waals surface area contributed by atoms with Gasteiger partial charge in [-0.25, -0.2) is 13.6 Å². The third-order valence-electron chi connectivity index (χ3n) is 3.98. The van der Waals surface area contributed by atoms with Crippen LogP contribution in [-0.2, 0) is 0 Å². The molecule has 1 aliphatic rings. The number of halogens is 2. The highest BCUT2D eigenvalue weighted by atomic mass is 19.1. The molecule has 2 aromatic carbocycles. The SMILES string of the molecule is O=C(Nc1ccccc1NC(=O)N1CCCC1)c1cc(F)ccc1F. The van der Waals surface area contributed by atoms with E-state index in [9.17, 15) is 18.4 Å². The number of hydrogen-bond acceptors (Lipinski definition) is 2. The highest BCUT2D eigenvalue weighted by Gasteiger charge is 2.20. The molecule has 0 bridgehead atoms. The Morgan fingerprint density at radius 3 is 2.24 bits per heavy atom. The van der Waals surface area contributed by atoms with Gasteiger partial charge in [0.25, 0.3) is 5.91 Å². The molecule has 3 rings (SSSR count). The van der Waals surface area contributed by atoms with Crippen LogP contribution in [-0.4, -0.2) is 29.9 Å². The van der Waals surface area contributed by atoms with Crippen LogP contribution in [0.3, 0.4) is 0 Å². The lowest BCUT2D eigenvalue weighted by molar-refractivity contribution is 0.102. The molecule has 0 atom stereocenters. The van der Waals surface area contributed by atoms with Gasteiger partial charge in [0.2, 0.25) is 0 Å². The largest absolute Gasteiger partial charge is 0.325 e. The molecule has 3 amide bonds. The quantitative estimate of drug-likeness (QED) is 0.888. The van der Waals surface area contributed by atoms with E-state index in [1.165, 1.54) is 0 Å². The Hall–Kier alpha value is -2.96. The van der Waals surface area contributed by atoms with Gasteiger partial charge in [-0.05, 0) is 43.2 Å². The van der Waals surface area contributed by atoms with E-state index >= 15 is 0 Å². The van der Waals surface area contributed by atoms with Gasteiger partial charge in [0.05, 0.1) is 16.9 Å². The van der Waals surface area contributed by atoms with Crippen LogP contribution in [0.4, 0.5) is 25.0 Å². The average Bonchev–Trinajstić information content (AvgIpc) is 3.13. The lowest BCUT2D eigenvalue weighted by atomic mass is 10.2. The number of carbonyl (C=O) groups is 2. The summed E-state index contributed by atoms with van der Waals surface area (Å²) < 4.78 is 27.0. The van der Waals surface area contributed by atoms with Gasteiger partial charge in [-0.15, -0.1) is 0 Å². The Kier molecular flexibility index (Phi) is 4.92. The van der Waals surface area contributed by atoms with Gasteiger partial charge in [-0.1, -0.05) is 12.1 Å². The number of benzene rings is 2. The van der Waals surface area contributed by atoms with E-state index < -0.39 is 23.1 Å². The maximum Gasteiger partial charge on any atom is 0.321 e. The molecule has 25 heavy (non-hydrogen) atoms. The zero-order valence-electron chi connectivity index (χ0n) is 13.4. The van der Waals surface area contributed by atoms with E-state index in [2.05, 4.69) is 10.6 Å². The summed E-state index contributed by atoms with van der Waals surface area (Å²) in [6.45, 7) is 1.38. The van der Waals surface area contributed by atoms with Crippen molar-refractivity contribution >= 4 is 23.3 Å². The molecule has 1 saturated heterocycles. The molecule has 7 heteroatoms. The molecule has 1 heterocycles. The summed E-state index contributed by atoms with van der Waals surface area (Å²) in [5, 5.41) is 5.25. The highest BCUT2D eigenvalue weighted by Crippen LogP contribution is 2.23. The van der Waals surface area contributed by atoms with Crippen molar-refractivity contribution in [1.82, 2.24) is 4.90 Å². The minimum Gasteiger partial charge on any atom is -0.325 e. The topological polar surface area (TPSA) is 61.4 Å². The molecule has 0 spiro atoms. The normalized spacial score (nSPS) is 13.6. The maximum atomic E-state index is 13.7. The Balaban J connectivity index is 1.77. The summed E-state index contributed by atoms with van der Waals surface area (Å²) in [6.07, 6.45) is 1.93. The van der Waals surface area contributed by atoms with Gasteiger partial charge in [-0.2, -0.15) is 0 Å². The van der Waals surface area contributed by atoms with Crippen LogP contribution in [0, 0.1) is 11.6 Å². The smallest absolute Gasteiger partial charge is 0.321 e. The molecule has 2 N–H and O–H groups in total. The summed E-state index contributed by atoms with van der Waals surface area (Å²) in [5.41, 5.74) is 0.300. The zero-order valence-corrected chi connectivity index (χ0v) is 13.4. The number of nitrogens with one attached hydrogen (secondary N) is 2. The number of amides is 3. The van der Waals surface area contributed by atoms with E-state index in [-0.39, 0.29) is 6.03 Å². The van der Waals surface area contributed by atoms with Crippen LogP contribution in [0.2, 0.25) is 0 Å². The molecule has 0 aromatic heterocycles. The molecular formula is C18H17F2N3O2. The summed E-state index contributed by atoms with van der Waals surface area (Å²) in [7, 11) is 0. The number of rotatable bonds is 3. The van der Waals surface area contributed by atoms with E-state index in [0.29, 0.717) is 24.5 Å². The zero-order chi connectivity index (χ0) is 17.8. The third-order valence-corrected chi connectivity index (χ3v) is 3.98. The van der Waals surface area contributed by atoms with Crippen LogP contribution < -0.4 is 10.6 Å². The van der Waals surface area contributed by atoms with Crippen LogP contribution >= 0.6 is 0 Å². The van der Waals surface area contributed by atoms with Crippen LogP contribution in [0.25, 0.3) is 0 Å². The summed E-state index contributed by atoms with van der Waals surface area (Å²) >= 11 is 0. The van der Waals surface area contributed by atoms with Crippen molar-refractivity contribution < 1.29 is 18.4 Å². The van der Waals surface area contributed by atoms with Gasteiger partial charge < -0.3 is 15.5 Å². The molecule has 1 fully saturated rings. The minimum absolute atomic E-state index is 0.254. The first-order chi connectivity index (χ1) is 12.0. The predicted molar refractivity (Wildman–Crippen MR) is 90.6 cm³/mol. The van der Waals surface area contributed by atoms with Crippen molar-refractivity contribution in [3.05, 3.63) is 59.7 Å². The summed E-state index contributed by atoms with van der Waals surface area (Å²) in [5.74, 6) is -2.32. The Morgan fingerprint density at radius 2 is 1.56 bits per heavy atom. The number of nitrogens with zero attached hydrogens (tertiary/aromatic N) is 1. The second-order valence-electron chi connectivity index (χ2n) is 5.75.